The summed E-state index contributed by atoms with van der Waals surface area (Å²) in [6, 6.07) is 63.9. The fourth-order valence-corrected chi connectivity index (χ4v) is 9.21. The molecule has 0 saturated heterocycles. The Hall–Kier alpha value is -6.70. The van der Waals surface area contributed by atoms with Crippen molar-refractivity contribution in [3.05, 3.63) is 227 Å². The number of hydrogen-bond acceptors (Lipinski definition) is 0. The zero-order chi connectivity index (χ0) is 41.4. The molecule has 1 aromatic heterocycles. The molecule has 8 aromatic carbocycles. The van der Waals surface area contributed by atoms with Crippen molar-refractivity contribution in [2.75, 3.05) is 0 Å². The van der Waals surface area contributed by atoms with Crippen LogP contribution in [-0.4, -0.2) is 4.57 Å². The van der Waals surface area contributed by atoms with Gasteiger partial charge in [-0.05, 0) is 132 Å². The van der Waals surface area contributed by atoms with Gasteiger partial charge < -0.3 is 4.57 Å². The summed E-state index contributed by atoms with van der Waals surface area (Å²) in [5.41, 5.74) is 20.3. The van der Waals surface area contributed by atoms with Crippen LogP contribution in [-0.2, 0) is 5.41 Å². The SMILES string of the molecule is CC1=CC=C(c2ccccc2)CC1.Cc1ccc(-c2ccc3c(c2)c2c4ccccc4ccc2n3-c2cccc(C)c2)cc1.Cc1ccc2c(c1)C(C)(C)c1ccccc1-2. The predicted molar refractivity (Wildman–Crippen MR) is 259 cm³/mol. The van der Waals surface area contributed by atoms with Crippen LogP contribution in [0.15, 0.2) is 194 Å². The number of hydrogen-bond donors (Lipinski definition) is 0. The molecule has 60 heavy (non-hydrogen) atoms. The van der Waals surface area contributed by atoms with Crippen LogP contribution in [0.25, 0.3) is 66.1 Å². The highest BCUT2D eigenvalue weighted by Crippen LogP contribution is 2.48. The molecule has 0 fully saturated rings. The number of allylic oxidation sites excluding steroid dienone is 4. The minimum atomic E-state index is 0.151. The number of benzene rings is 8. The molecule has 0 unspecified atom stereocenters. The van der Waals surface area contributed by atoms with E-state index in [-0.39, 0.29) is 5.41 Å². The van der Waals surface area contributed by atoms with Crippen molar-refractivity contribution in [2.24, 2.45) is 0 Å². The smallest absolute Gasteiger partial charge is 0.0547 e. The first kappa shape index (κ1) is 38.8. The molecule has 1 nitrogen and oxygen atoms in total. The first-order valence-electron chi connectivity index (χ1n) is 21.4. The molecule has 0 radical (unpaired) electrons. The molecule has 2 aliphatic rings. The second-order valence-electron chi connectivity index (χ2n) is 17.2. The first-order valence-corrected chi connectivity index (χ1v) is 21.4. The van der Waals surface area contributed by atoms with E-state index in [1.807, 2.05) is 0 Å². The molecule has 0 N–H and O–H groups in total. The van der Waals surface area contributed by atoms with E-state index >= 15 is 0 Å². The van der Waals surface area contributed by atoms with Crippen LogP contribution >= 0.6 is 0 Å². The summed E-state index contributed by atoms with van der Waals surface area (Å²) >= 11 is 0. The van der Waals surface area contributed by atoms with E-state index in [1.165, 1.54) is 118 Å². The topological polar surface area (TPSA) is 4.93 Å². The Labute approximate surface area is 356 Å². The average molecular weight is 776 g/mol. The molecule has 0 aliphatic heterocycles. The van der Waals surface area contributed by atoms with Gasteiger partial charge in [-0.25, -0.2) is 0 Å². The summed E-state index contributed by atoms with van der Waals surface area (Å²) in [6.07, 6.45) is 6.87. The summed E-state index contributed by atoms with van der Waals surface area (Å²) in [7, 11) is 0. The second kappa shape index (κ2) is 16.2. The number of aromatic nitrogens is 1. The van der Waals surface area contributed by atoms with E-state index in [9.17, 15) is 0 Å². The number of rotatable bonds is 3. The van der Waals surface area contributed by atoms with Gasteiger partial charge in [-0.15, -0.1) is 0 Å². The van der Waals surface area contributed by atoms with E-state index in [4.69, 9.17) is 0 Å². The Kier molecular flexibility index (Phi) is 10.4. The Morgan fingerprint density at radius 2 is 1.12 bits per heavy atom. The van der Waals surface area contributed by atoms with Gasteiger partial charge in [0.1, 0.15) is 0 Å². The standard InChI is InChI=1S/C30H23N.C16H16.C13H14/c1-20-10-12-22(13-11-20)24-15-16-28-27(19-24)30-26-9-4-3-7-23(26)14-17-29(30)31(28)25-8-5-6-21(2)18-25;1-11-8-9-13-12-6-4-5-7-14(12)16(2,3)15(13)10-11;1-11-7-9-13(10-8-11)12-5-3-2-4-6-12/h3-19H,1-2H3;4-10H,1-3H3;2-7,9H,8,10H2,1H3. The lowest BCUT2D eigenvalue weighted by Crippen LogP contribution is -2.14. The van der Waals surface area contributed by atoms with Crippen LogP contribution in [0.1, 0.15) is 67.0 Å². The third-order valence-electron chi connectivity index (χ3n) is 12.5. The maximum atomic E-state index is 2.41. The van der Waals surface area contributed by atoms with Crippen LogP contribution in [0, 0.1) is 20.8 Å². The maximum Gasteiger partial charge on any atom is 0.0547 e. The third kappa shape index (κ3) is 7.42. The normalized spacial score (nSPS) is 13.7. The molecule has 0 bridgehead atoms. The molecular weight excluding hydrogens is 723 g/mol. The van der Waals surface area contributed by atoms with E-state index in [0.717, 1.165) is 0 Å². The summed E-state index contributed by atoms with van der Waals surface area (Å²) < 4.78 is 2.41. The van der Waals surface area contributed by atoms with Crippen molar-refractivity contribution >= 4 is 38.2 Å². The van der Waals surface area contributed by atoms with Gasteiger partial charge in [0.05, 0.1) is 11.0 Å². The van der Waals surface area contributed by atoms with Gasteiger partial charge in [-0.1, -0.05) is 188 Å². The molecule has 0 atom stereocenters. The molecular formula is C59H53N. The highest BCUT2D eigenvalue weighted by atomic mass is 15.0. The lowest BCUT2D eigenvalue weighted by molar-refractivity contribution is 0.660. The second-order valence-corrected chi connectivity index (χ2v) is 17.2. The first-order chi connectivity index (χ1) is 29.2. The van der Waals surface area contributed by atoms with Crippen molar-refractivity contribution in [3.63, 3.8) is 0 Å². The molecule has 0 spiro atoms. The van der Waals surface area contributed by atoms with Crippen LogP contribution in [0.5, 0.6) is 0 Å². The maximum absolute atomic E-state index is 2.41. The Morgan fingerprint density at radius 1 is 0.433 bits per heavy atom. The number of aryl methyl sites for hydroxylation is 3. The Bertz CT molecular complexity index is 3080. The predicted octanol–water partition coefficient (Wildman–Crippen LogP) is 16.3. The molecule has 0 saturated carbocycles. The van der Waals surface area contributed by atoms with E-state index in [0.29, 0.717) is 0 Å². The van der Waals surface area contributed by atoms with Crippen molar-refractivity contribution in [1.82, 2.24) is 4.57 Å². The number of nitrogens with zero attached hydrogens (tertiary/aromatic N) is 1. The highest BCUT2D eigenvalue weighted by molar-refractivity contribution is 6.21. The van der Waals surface area contributed by atoms with Crippen molar-refractivity contribution in [1.29, 1.82) is 0 Å². The van der Waals surface area contributed by atoms with Crippen LogP contribution in [0.4, 0.5) is 0 Å². The quantitative estimate of drug-likeness (QED) is 0.168. The van der Waals surface area contributed by atoms with Gasteiger partial charge >= 0.3 is 0 Å². The molecule has 9 aromatic rings. The van der Waals surface area contributed by atoms with Gasteiger partial charge in [0.25, 0.3) is 0 Å². The molecule has 1 heterocycles. The van der Waals surface area contributed by atoms with Crippen LogP contribution in [0.3, 0.4) is 0 Å². The average Bonchev–Trinajstić information content (AvgIpc) is 3.73. The largest absolute Gasteiger partial charge is 0.309 e. The van der Waals surface area contributed by atoms with E-state index < -0.39 is 0 Å². The Balaban J connectivity index is 0.000000132. The summed E-state index contributed by atoms with van der Waals surface area (Å²) in [4.78, 5) is 0. The molecule has 11 rings (SSSR count). The zero-order valence-corrected chi connectivity index (χ0v) is 35.8. The van der Waals surface area contributed by atoms with Gasteiger partial charge in [0.2, 0.25) is 0 Å². The van der Waals surface area contributed by atoms with Crippen LogP contribution in [0.2, 0.25) is 0 Å². The summed E-state index contributed by atoms with van der Waals surface area (Å²) in [5, 5.41) is 5.20. The van der Waals surface area contributed by atoms with Crippen molar-refractivity contribution in [3.8, 4) is 27.9 Å². The van der Waals surface area contributed by atoms with Gasteiger partial charge in [0.15, 0.2) is 0 Å². The zero-order valence-electron chi connectivity index (χ0n) is 35.8. The summed E-state index contributed by atoms with van der Waals surface area (Å²) in [5.74, 6) is 0. The molecule has 2 aliphatic carbocycles. The Morgan fingerprint density at radius 3 is 1.90 bits per heavy atom. The van der Waals surface area contributed by atoms with Crippen molar-refractivity contribution in [2.45, 2.75) is 59.8 Å². The van der Waals surface area contributed by atoms with Gasteiger partial charge in [-0.3, -0.25) is 0 Å². The number of fused-ring (bicyclic) bond motifs is 8. The van der Waals surface area contributed by atoms with Crippen molar-refractivity contribution < 1.29 is 0 Å². The minimum absolute atomic E-state index is 0.151. The van der Waals surface area contributed by atoms with E-state index in [2.05, 4.69) is 234 Å². The van der Waals surface area contributed by atoms with E-state index in [1.54, 1.807) is 0 Å². The highest BCUT2D eigenvalue weighted by Gasteiger charge is 2.34. The lowest BCUT2D eigenvalue weighted by Gasteiger charge is -2.21. The molecule has 294 valence electrons. The summed E-state index contributed by atoms with van der Waals surface area (Å²) in [6.45, 7) is 13.3. The van der Waals surface area contributed by atoms with Crippen LogP contribution < -0.4 is 0 Å². The minimum Gasteiger partial charge on any atom is -0.309 e. The van der Waals surface area contributed by atoms with Gasteiger partial charge in [-0.2, -0.15) is 0 Å². The monoisotopic (exact) mass is 775 g/mol. The molecule has 1 heteroatoms. The van der Waals surface area contributed by atoms with Gasteiger partial charge in [0, 0.05) is 21.9 Å². The fraction of sp³-hybridized carbons (Fsp3) is 0.153. The third-order valence-corrected chi connectivity index (χ3v) is 12.5. The molecule has 0 amide bonds. The fourth-order valence-electron chi connectivity index (χ4n) is 9.21. The lowest BCUT2D eigenvalue weighted by atomic mass is 9.82.